The number of aldehydes is 1. The van der Waals surface area contributed by atoms with Crippen LogP contribution in [-0.2, 0) is 9.59 Å². The van der Waals surface area contributed by atoms with Gasteiger partial charge < -0.3 is 16.3 Å². The summed E-state index contributed by atoms with van der Waals surface area (Å²) in [5.41, 5.74) is 12.2. The molecule has 15 heavy (non-hydrogen) atoms. The van der Waals surface area contributed by atoms with Crippen LogP contribution in [0.5, 0.6) is 0 Å². The van der Waals surface area contributed by atoms with E-state index in [1.54, 1.807) is 0 Å². The maximum absolute atomic E-state index is 11.4. The van der Waals surface area contributed by atoms with Crippen molar-refractivity contribution in [3.05, 3.63) is 12.2 Å². The molecule has 4 nitrogen and oxygen atoms in total. The minimum atomic E-state index is -0.535. The molecule has 0 saturated heterocycles. The van der Waals surface area contributed by atoms with E-state index in [-0.39, 0.29) is 11.8 Å². The number of nitrogens with two attached hydrogens (primary N) is 2. The molecule has 0 fully saturated rings. The van der Waals surface area contributed by atoms with Gasteiger partial charge in [-0.1, -0.05) is 12.2 Å². The van der Waals surface area contributed by atoms with Crippen LogP contribution >= 0.6 is 0 Å². The Labute approximate surface area is 90.7 Å². The standard InChI is InChI=1S/C11H20N2O2/c1-8(2)9(12)5-6-11(15)10(13)4-3-7-14/h7,9-10H,1,3-6,12-13H2,2H3/t9-,10?/m0/s1. The number of carbonyl (C=O) groups is 2. The van der Waals surface area contributed by atoms with E-state index < -0.39 is 6.04 Å². The summed E-state index contributed by atoms with van der Waals surface area (Å²) in [4.78, 5) is 21.5. The van der Waals surface area contributed by atoms with Crippen LogP contribution in [0, 0.1) is 0 Å². The second-order valence-electron chi connectivity index (χ2n) is 3.81. The average Bonchev–Trinajstić information content (AvgIpc) is 2.21. The first-order valence-electron chi connectivity index (χ1n) is 5.12. The topological polar surface area (TPSA) is 86.2 Å². The van der Waals surface area contributed by atoms with E-state index in [4.69, 9.17) is 11.5 Å². The highest BCUT2D eigenvalue weighted by Gasteiger charge is 2.14. The second kappa shape index (κ2) is 7.31. The normalized spacial score (nSPS) is 14.3. The fourth-order valence-corrected chi connectivity index (χ4v) is 1.14. The molecule has 0 spiro atoms. The van der Waals surface area contributed by atoms with Gasteiger partial charge in [0.25, 0.3) is 0 Å². The van der Waals surface area contributed by atoms with E-state index in [0.29, 0.717) is 25.7 Å². The third-order valence-electron chi connectivity index (χ3n) is 2.34. The zero-order valence-corrected chi connectivity index (χ0v) is 9.24. The van der Waals surface area contributed by atoms with Crippen LogP contribution in [0.15, 0.2) is 12.2 Å². The first-order valence-corrected chi connectivity index (χ1v) is 5.12. The number of rotatable bonds is 8. The average molecular weight is 212 g/mol. The van der Waals surface area contributed by atoms with Crippen molar-refractivity contribution in [3.63, 3.8) is 0 Å². The quantitative estimate of drug-likeness (QED) is 0.454. The summed E-state index contributed by atoms with van der Waals surface area (Å²) >= 11 is 0. The molecular formula is C11H20N2O2. The molecule has 0 aliphatic rings. The lowest BCUT2D eigenvalue weighted by Gasteiger charge is -2.12. The molecule has 0 aliphatic carbocycles. The lowest BCUT2D eigenvalue weighted by Crippen LogP contribution is -2.32. The molecule has 1 unspecified atom stereocenters. The third kappa shape index (κ3) is 6.14. The highest BCUT2D eigenvalue weighted by molar-refractivity contribution is 5.84. The van der Waals surface area contributed by atoms with Crippen LogP contribution in [0.2, 0.25) is 0 Å². The Morgan fingerprint density at radius 2 is 1.93 bits per heavy atom. The molecule has 0 aromatic heterocycles. The lowest BCUT2D eigenvalue weighted by molar-refractivity contribution is -0.120. The molecule has 4 heteroatoms. The predicted octanol–water partition coefficient (Wildman–Crippen LogP) is 0.546. The van der Waals surface area contributed by atoms with E-state index in [1.165, 1.54) is 0 Å². The van der Waals surface area contributed by atoms with Gasteiger partial charge in [0.2, 0.25) is 0 Å². The number of Topliss-reactive ketones (excluding diaryl/α,β-unsaturated/α-hetero) is 1. The number of hydrogen-bond donors (Lipinski definition) is 2. The van der Waals surface area contributed by atoms with Gasteiger partial charge in [0.15, 0.2) is 0 Å². The monoisotopic (exact) mass is 212 g/mol. The largest absolute Gasteiger partial charge is 0.324 e. The van der Waals surface area contributed by atoms with Gasteiger partial charge in [-0.2, -0.15) is 0 Å². The van der Waals surface area contributed by atoms with Gasteiger partial charge >= 0.3 is 0 Å². The van der Waals surface area contributed by atoms with Crippen molar-refractivity contribution in [1.29, 1.82) is 0 Å². The summed E-state index contributed by atoms with van der Waals surface area (Å²) in [5, 5.41) is 0. The van der Waals surface area contributed by atoms with Crippen LogP contribution in [0.1, 0.15) is 32.6 Å². The van der Waals surface area contributed by atoms with Gasteiger partial charge in [-0.05, 0) is 19.8 Å². The Bertz CT molecular complexity index is 239. The van der Waals surface area contributed by atoms with Gasteiger partial charge in [-0.25, -0.2) is 0 Å². The van der Waals surface area contributed by atoms with E-state index in [2.05, 4.69) is 6.58 Å². The Kier molecular flexibility index (Phi) is 6.83. The molecule has 0 amide bonds. The van der Waals surface area contributed by atoms with Gasteiger partial charge in [0.1, 0.15) is 12.1 Å². The van der Waals surface area contributed by atoms with E-state index in [0.717, 1.165) is 11.9 Å². The van der Waals surface area contributed by atoms with Crippen LogP contribution in [0.4, 0.5) is 0 Å². The van der Waals surface area contributed by atoms with Crippen molar-refractivity contribution in [1.82, 2.24) is 0 Å². The number of hydrogen-bond acceptors (Lipinski definition) is 4. The minimum absolute atomic E-state index is 0.0337. The smallest absolute Gasteiger partial charge is 0.149 e. The summed E-state index contributed by atoms with van der Waals surface area (Å²) in [6.45, 7) is 5.55. The Morgan fingerprint density at radius 3 is 2.40 bits per heavy atom. The van der Waals surface area contributed by atoms with Gasteiger partial charge in [0, 0.05) is 18.9 Å². The molecule has 0 aliphatic heterocycles. The van der Waals surface area contributed by atoms with Crippen LogP contribution in [-0.4, -0.2) is 24.2 Å². The van der Waals surface area contributed by atoms with Crippen LogP contribution in [0.25, 0.3) is 0 Å². The zero-order chi connectivity index (χ0) is 11.8. The molecule has 0 rings (SSSR count). The maximum atomic E-state index is 11.4. The molecule has 0 heterocycles. The summed E-state index contributed by atoms with van der Waals surface area (Å²) < 4.78 is 0. The first-order chi connectivity index (χ1) is 6.99. The molecule has 0 radical (unpaired) electrons. The van der Waals surface area contributed by atoms with Crippen molar-refractivity contribution in [2.24, 2.45) is 11.5 Å². The molecule has 0 aromatic rings. The van der Waals surface area contributed by atoms with E-state index in [9.17, 15) is 9.59 Å². The van der Waals surface area contributed by atoms with Gasteiger partial charge in [-0.3, -0.25) is 4.79 Å². The Hall–Kier alpha value is -1.00. The Balaban J connectivity index is 3.82. The second-order valence-corrected chi connectivity index (χ2v) is 3.81. The van der Waals surface area contributed by atoms with E-state index >= 15 is 0 Å². The van der Waals surface area contributed by atoms with Crippen LogP contribution < -0.4 is 11.5 Å². The highest BCUT2D eigenvalue weighted by atomic mass is 16.1. The zero-order valence-electron chi connectivity index (χ0n) is 9.24. The summed E-state index contributed by atoms with van der Waals surface area (Å²) in [5.74, 6) is -0.0337. The summed E-state index contributed by atoms with van der Waals surface area (Å²) in [6.07, 6.45) is 2.45. The molecule has 0 saturated carbocycles. The molecule has 0 bridgehead atoms. The molecule has 0 aromatic carbocycles. The lowest BCUT2D eigenvalue weighted by atomic mass is 9.99. The molecule has 4 N–H and O–H groups in total. The Morgan fingerprint density at radius 1 is 1.33 bits per heavy atom. The summed E-state index contributed by atoms with van der Waals surface area (Å²) in [6, 6.07) is -0.681. The highest BCUT2D eigenvalue weighted by Crippen LogP contribution is 2.06. The predicted molar refractivity (Wildman–Crippen MR) is 60.3 cm³/mol. The van der Waals surface area contributed by atoms with Crippen LogP contribution in [0.3, 0.4) is 0 Å². The summed E-state index contributed by atoms with van der Waals surface area (Å²) in [7, 11) is 0. The molecule has 2 atom stereocenters. The number of carbonyl (C=O) groups excluding carboxylic acids is 2. The van der Waals surface area contributed by atoms with Gasteiger partial charge in [-0.15, -0.1) is 0 Å². The maximum Gasteiger partial charge on any atom is 0.149 e. The van der Waals surface area contributed by atoms with E-state index in [1.807, 2.05) is 6.92 Å². The molecule has 86 valence electrons. The molecular weight excluding hydrogens is 192 g/mol. The fourth-order valence-electron chi connectivity index (χ4n) is 1.14. The van der Waals surface area contributed by atoms with Crippen molar-refractivity contribution < 1.29 is 9.59 Å². The van der Waals surface area contributed by atoms with Crippen molar-refractivity contribution in [2.75, 3.05) is 0 Å². The van der Waals surface area contributed by atoms with Gasteiger partial charge in [0.05, 0.1) is 6.04 Å². The minimum Gasteiger partial charge on any atom is -0.324 e. The SMILES string of the molecule is C=C(C)[C@@H](N)CCC(=O)C(N)CCC=O. The van der Waals surface area contributed by atoms with Crippen molar-refractivity contribution >= 4 is 12.1 Å². The first kappa shape index (κ1) is 14.0. The van der Waals surface area contributed by atoms with Crippen molar-refractivity contribution in [3.8, 4) is 0 Å². The third-order valence-corrected chi connectivity index (χ3v) is 2.34. The van der Waals surface area contributed by atoms with Crippen molar-refractivity contribution in [2.45, 2.75) is 44.7 Å². The fraction of sp³-hybridized carbons (Fsp3) is 0.636. The number of ketones is 1.